The molecule has 0 saturated heterocycles. The van der Waals surface area contributed by atoms with Crippen molar-refractivity contribution in [1.29, 1.82) is 0 Å². The molecule has 3 amide bonds. The zero-order valence-electron chi connectivity index (χ0n) is 29.1. The summed E-state index contributed by atoms with van der Waals surface area (Å²) in [6.07, 6.45) is 1.48. The highest BCUT2D eigenvalue weighted by Crippen LogP contribution is 2.38. The number of carbonyl (C=O) groups excluding carboxylic acids is 3. The topological polar surface area (TPSA) is 130 Å². The van der Waals surface area contributed by atoms with Crippen molar-refractivity contribution < 1.29 is 24.2 Å². The van der Waals surface area contributed by atoms with Crippen molar-refractivity contribution >= 4 is 57.7 Å². The van der Waals surface area contributed by atoms with Crippen LogP contribution in [0.3, 0.4) is 0 Å². The predicted molar refractivity (Wildman–Crippen MR) is 212 cm³/mol. The zero-order valence-corrected chi connectivity index (χ0v) is 30.8. The maximum atomic E-state index is 13.9. The molecular weight excluding hydrogens is 705 g/mol. The minimum Gasteiger partial charge on any atom is -0.508 e. The average Bonchev–Trinajstić information content (AvgIpc) is 3.54. The Morgan fingerprint density at radius 2 is 1.55 bits per heavy atom. The van der Waals surface area contributed by atoms with Gasteiger partial charge in [-0.05, 0) is 68.0 Å². The lowest BCUT2D eigenvalue weighted by Crippen LogP contribution is -2.30. The van der Waals surface area contributed by atoms with Gasteiger partial charge in [-0.3, -0.25) is 14.4 Å². The van der Waals surface area contributed by atoms with Gasteiger partial charge < -0.3 is 25.8 Å². The smallest absolute Gasteiger partial charge is 0.272 e. The summed E-state index contributed by atoms with van der Waals surface area (Å²) in [4.78, 5) is 47.4. The van der Waals surface area contributed by atoms with E-state index in [9.17, 15) is 19.5 Å². The fourth-order valence-electron chi connectivity index (χ4n) is 5.40. The van der Waals surface area contributed by atoms with Gasteiger partial charge in [-0.1, -0.05) is 84.4 Å². The summed E-state index contributed by atoms with van der Waals surface area (Å²) >= 11 is 2.76. The number of nitrogens with one attached hydrogen (secondary N) is 3. The van der Waals surface area contributed by atoms with Gasteiger partial charge in [0.25, 0.3) is 11.8 Å². The first-order chi connectivity index (χ1) is 25.7. The van der Waals surface area contributed by atoms with E-state index in [0.717, 1.165) is 32.2 Å². The van der Waals surface area contributed by atoms with E-state index in [1.807, 2.05) is 74.5 Å². The molecule has 6 aromatic rings. The number of aromatic hydroxyl groups is 1. The second kappa shape index (κ2) is 16.9. The number of thiazole rings is 1. The molecule has 0 aliphatic carbocycles. The third-order valence-electron chi connectivity index (χ3n) is 8.08. The molecule has 1 atom stereocenters. The molecule has 11 heteroatoms. The Morgan fingerprint density at radius 1 is 0.830 bits per heavy atom. The highest BCUT2D eigenvalue weighted by molar-refractivity contribution is 8.00. The lowest BCUT2D eigenvalue weighted by atomic mass is 10.1. The maximum Gasteiger partial charge on any atom is 0.272 e. The second-order valence-electron chi connectivity index (χ2n) is 12.0. The number of thioether (sulfide) groups is 1. The van der Waals surface area contributed by atoms with E-state index < -0.39 is 17.1 Å². The van der Waals surface area contributed by atoms with Gasteiger partial charge in [-0.25, -0.2) is 4.98 Å². The van der Waals surface area contributed by atoms with Crippen LogP contribution in [0.25, 0.3) is 17.3 Å². The molecular formula is C42H36N4O5S2. The van der Waals surface area contributed by atoms with Gasteiger partial charge >= 0.3 is 0 Å². The number of nitrogens with zero attached hydrogens (tertiary/aromatic N) is 1. The molecule has 0 bridgehead atoms. The molecule has 0 spiro atoms. The maximum absolute atomic E-state index is 13.9. The zero-order chi connectivity index (χ0) is 37.3. The Hall–Kier alpha value is -6.17. The minimum absolute atomic E-state index is 0.0103. The quantitative estimate of drug-likeness (QED) is 0.0728. The highest BCUT2D eigenvalue weighted by Gasteiger charge is 2.24. The third kappa shape index (κ3) is 9.39. The Bertz CT molecular complexity index is 2270. The van der Waals surface area contributed by atoms with Crippen molar-refractivity contribution in [3.63, 3.8) is 0 Å². The number of ether oxygens (including phenoxy) is 1. The summed E-state index contributed by atoms with van der Waals surface area (Å²) in [5, 5.41) is 18.5. The Balaban J connectivity index is 1.24. The van der Waals surface area contributed by atoms with Gasteiger partial charge in [-0.15, -0.1) is 23.1 Å². The number of anilines is 2. The fraction of sp³-hybridized carbons (Fsp3) is 0.0952. The molecule has 5 aromatic carbocycles. The largest absolute Gasteiger partial charge is 0.508 e. The summed E-state index contributed by atoms with van der Waals surface area (Å²) in [7, 11) is 1.45. The van der Waals surface area contributed by atoms with E-state index >= 15 is 0 Å². The van der Waals surface area contributed by atoms with Gasteiger partial charge in [0.2, 0.25) is 5.91 Å². The number of carbonyl (C=O) groups is 3. The van der Waals surface area contributed by atoms with Gasteiger partial charge in [0.15, 0.2) is 5.13 Å². The third-order valence-corrected chi connectivity index (χ3v) is 10.2. The minimum atomic E-state index is -0.642. The van der Waals surface area contributed by atoms with E-state index in [4.69, 9.17) is 9.72 Å². The lowest BCUT2D eigenvalue weighted by Gasteiger charge is -2.17. The molecule has 6 rings (SSSR count). The first-order valence-electron chi connectivity index (χ1n) is 16.6. The number of hydrogen-bond donors (Lipinski definition) is 4. The van der Waals surface area contributed by atoms with Crippen LogP contribution in [0.1, 0.15) is 37.2 Å². The summed E-state index contributed by atoms with van der Waals surface area (Å²) in [5.74, 6) is -1.01. The van der Waals surface area contributed by atoms with E-state index in [1.165, 1.54) is 48.4 Å². The number of phenols is 1. The summed E-state index contributed by atoms with van der Waals surface area (Å²) in [6.45, 7) is 4.02. The molecule has 9 nitrogen and oxygen atoms in total. The lowest BCUT2D eigenvalue weighted by molar-refractivity contribution is -0.116. The normalized spacial score (nSPS) is 11.7. The molecule has 0 aliphatic rings. The number of rotatable bonds is 12. The molecule has 4 N–H and O–H groups in total. The number of hydrogen-bond acceptors (Lipinski definition) is 8. The predicted octanol–water partition coefficient (Wildman–Crippen LogP) is 9.02. The van der Waals surface area contributed by atoms with E-state index in [2.05, 4.69) is 16.0 Å². The molecule has 1 heterocycles. The molecule has 266 valence electrons. The summed E-state index contributed by atoms with van der Waals surface area (Å²) in [6, 6.07) is 37.7. The first-order valence-corrected chi connectivity index (χ1v) is 18.3. The monoisotopic (exact) mass is 740 g/mol. The average molecular weight is 741 g/mol. The second-order valence-corrected chi connectivity index (χ2v) is 14.4. The van der Waals surface area contributed by atoms with Gasteiger partial charge in [0.05, 0.1) is 12.8 Å². The van der Waals surface area contributed by atoms with Gasteiger partial charge in [0.1, 0.15) is 22.4 Å². The van der Waals surface area contributed by atoms with Crippen molar-refractivity contribution in [2.45, 2.75) is 24.0 Å². The molecule has 0 saturated carbocycles. The van der Waals surface area contributed by atoms with Crippen LogP contribution in [0.2, 0.25) is 0 Å². The van der Waals surface area contributed by atoms with Crippen molar-refractivity contribution in [1.82, 2.24) is 10.3 Å². The van der Waals surface area contributed by atoms with Crippen LogP contribution in [-0.2, 0) is 9.59 Å². The summed E-state index contributed by atoms with van der Waals surface area (Å²) in [5.41, 5.74) is 5.00. The standard InChI is InChI=1S/C42H36N4O5S2/c1-26-17-19-28(20-18-26)37-27(2)52-42(45-37)46-41(50)38(29-11-6-4-7-12-29)53-34-16-10-15-32(24-34)43-40(49)35(44-39(48)30-13-8-5-9-14-30)23-31-21-22-33(47)25-36(31)51-3/h4-25,38,47H,1-3H3,(H,43,49)(H,44,48)(H,45,46,50)/b35-23+. The molecule has 0 fully saturated rings. The van der Waals surface area contributed by atoms with Crippen molar-refractivity contribution in [3.8, 4) is 22.8 Å². The van der Waals surface area contributed by atoms with Crippen LogP contribution >= 0.6 is 23.1 Å². The number of aromatic nitrogens is 1. The van der Waals surface area contributed by atoms with Crippen LogP contribution in [-0.4, -0.2) is 34.9 Å². The van der Waals surface area contributed by atoms with Crippen LogP contribution in [0, 0.1) is 13.8 Å². The van der Waals surface area contributed by atoms with Crippen LogP contribution in [0.15, 0.2) is 138 Å². The van der Waals surface area contributed by atoms with Crippen LogP contribution in [0.4, 0.5) is 10.8 Å². The van der Waals surface area contributed by atoms with Crippen LogP contribution < -0.4 is 20.7 Å². The van der Waals surface area contributed by atoms with E-state index in [0.29, 0.717) is 27.7 Å². The Labute approximate surface area is 315 Å². The van der Waals surface area contributed by atoms with Crippen molar-refractivity contribution in [3.05, 3.63) is 160 Å². The highest BCUT2D eigenvalue weighted by atomic mass is 32.2. The molecule has 53 heavy (non-hydrogen) atoms. The van der Waals surface area contributed by atoms with Crippen molar-refractivity contribution in [2.24, 2.45) is 0 Å². The Morgan fingerprint density at radius 3 is 2.26 bits per heavy atom. The number of aryl methyl sites for hydroxylation is 2. The first kappa shape index (κ1) is 36.6. The molecule has 1 aromatic heterocycles. The van der Waals surface area contributed by atoms with Gasteiger partial charge in [-0.2, -0.15) is 0 Å². The number of methoxy groups -OCH3 is 1. The van der Waals surface area contributed by atoms with Crippen molar-refractivity contribution in [2.75, 3.05) is 17.7 Å². The fourth-order valence-corrected chi connectivity index (χ4v) is 7.32. The molecule has 0 radical (unpaired) electrons. The number of benzene rings is 5. The SMILES string of the molecule is COc1cc(O)ccc1/C=C(/NC(=O)c1ccccc1)C(=O)Nc1cccc(SC(C(=O)Nc2nc(-c3ccc(C)cc3)c(C)s2)c2ccccc2)c1. The van der Waals surface area contributed by atoms with E-state index in [1.54, 1.807) is 54.6 Å². The molecule has 1 unspecified atom stereocenters. The molecule has 0 aliphatic heterocycles. The number of amides is 3. The van der Waals surface area contributed by atoms with Gasteiger partial charge in [0, 0.05) is 38.2 Å². The number of phenolic OH excluding ortho intramolecular Hbond substituents is 1. The summed E-state index contributed by atoms with van der Waals surface area (Å²) < 4.78 is 5.40. The van der Waals surface area contributed by atoms with E-state index in [-0.39, 0.29) is 17.4 Å². The van der Waals surface area contributed by atoms with Crippen LogP contribution in [0.5, 0.6) is 11.5 Å². The Kier molecular flexibility index (Phi) is 11.7.